The van der Waals surface area contributed by atoms with Gasteiger partial charge in [-0.2, -0.15) is 0 Å². The molecule has 28 heavy (non-hydrogen) atoms. The van der Waals surface area contributed by atoms with Crippen LogP contribution in [-0.2, 0) is 4.79 Å². The molecule has 0 bridgehead atoms. The number of anilines is 1. The third-order valence-electron chi connectivity index (χ3n) is 4.15. The topological polar surface area (TPSA) is 51.2 Å². The van der Waals surface area contributed by atoms with Gasteiger partial charge in [0, 0.05) is 16.5 Å². The largest absolute Gasteiger partial charge is 0.494 e. The summed E-state index contributed by atoms with van der Waals surface area (Å²) in [5, 5.41) is 3.45. The minimum absolute atomic E-state index is 0.198. The van der Waals surface area contributed by atoms with E-state index in [-0.39, 0.29) is 5.91 Å². The lowest BCUT2D eigenvalue weighted by Gasteiger charge is -2.05. The molecule has 0 spiro atoms. The standard InChI is InChI=1S/C23H24N2O2S/c1-3-4-16-27-20-13-10-18(11-14-20)12-15-21(26)24-23-25-22(17(2)28-23)19-8-6-5-7-9-19/h5-15H,3-4,16H2,1-2H3,(H,24,25,26)/b15-12+. The van der Waals surface area contributed by atoms with E-state index in [1.165, 1.54) is 17.4 Å². The number of carbonyl (C=O) groups excluding carboxylic acids is 1. The minimum Gasteiger partial charge on any atom is -0.494 e. The van der Waals surface area contributed by atoms with E-state index in [1.807, 2.05) is 61.5 Å². The number of aromatic nitrogens is 1. The molecule has 144 valence electrons. The second-order valence-electron chi connectivity index (χ2n) is 6.38. The molecular formula is C23H24N2O2S. The molecule has 1 heterocycles. The Hall–Kier alpha value is -2.92. The highest BCUT2D eigenvalue weighted by molar-refractivity contribution is 7.16. The van der Waals surface area contributed by atoms with Gasteiger partial charge in [0.05, 0.1) is 12.3 Å². The Morgan fingerprint density at radius 1 is 1.14 bits per heavy atom. The third kappa shape index (κ3) is 5.54. The summed E-state index contributed by atoms with van der Waals surface area (Å²) in [4.78, 5) is 17.9. The smallest absolute Gasteiger partial charge is 0.250 e. The predicted molar refractivity (Wildman–Crippen MR) is 117 cm³/mol. The summed E-state index contributed by atoms with van der Waals surface area (Å²) in [6, 6.07) is 17.7. The lowest BCUT2D eigenvalue weighted by Crippen LogP contribution is -2.07. The average molecular weight is 393 g/mol. The monoisotopic (exact) mass is 392 g/mol. The molecule has 0 aliphatic rings. The summed E-state index contributed by atoms with van der Waals surface area (Å²) in [5.74, 6) is 0.651. The zero-order valence-corrected chi connectivity index (χ0v) is 17.0. The van der Waals surface area contributed by atoms with E-state index in [0.717, 1.165) is 46.9 Å². The van der Waals surface area contributed by atoms with Gasteiger partial charge in [0.25, 0.3) is 0 Å². The fourth-order valence-corrected chi connectivity index (χ4v) is 3.48. The van der Waals surface area contributed by atoms with Gasteiger partial charge < -0.3 is 4.74 Å². The molecule has 0 saturated carbocycles. The van der Waals surface area contributed by atoms with Crippen LogP contribution in [0.4, 0.5) is 5.13 Å². The summed E-state index contributed by atoms with van der Waals surface area (Å²) in [7, 11) is 0. The SMILES string of the molecule is CCCCOc1ccc(/C=C/C(=O)Nc2nc(-c3ccccc3)c(C)s2)cc1. The van der Waals surface area contributed by atoms with Gasteiger partial charge in [-0.05, 0) is 37.1 Å². The van der Waals surface area contributed by atoms with E-state index < -0.39 is 0 Å². The maximum Gasteiger partial charge on any atom is 0.250 e. The van der Waals surface area contributed by atoms with Crippen LogP contribution in [0.5, 0.6) is 5.75 Å². The first-order valence-corrected chi connectivity index (χ1v) is 10.2. The van der Waals surface area contributed by atoms with Crippen LogP contribution < -0.4 is 10.1 Å². The number of benzene rings is 2. The average Bonchev–Trinajstić information content (AvgIpc) is 3.08. The van der Waals surface area contributed by atoms with Gasteiger partial charge in [-0.15, -0.1) is 11.3 Å². The molecule has 3 aromatic rings. The Labute approximate surface area is 169 Å². The lowest BCUT2D eigenvalue weighted by atomic mass is 10.1. The Morgan fingerprint density at radius 3 is 2.61 bits per heavy atom. The molecule has 5 heteroatoms. The van der Waals surface area contributed by atoms with Gasteiger partial charge in [0.15, 0.2) is 5.13 Å². The molecule has 0 radical (unpaired) electrons. The first-order valence-electron chi connectivity index (χ1n) is 9.40. The summed E-state index contributed by atoms with van der Waals surface area (Å²) in [5.41, 5.74) is 2.90. The van der Waals surface area contributed by atoms with Crippen molar-refractivity contribution < 1.29 is 9.53 Å². The Bertz CT molecular complexity index is 931. The van der Waals surface area contributed by atoms with Crippen LogP contribution in [0.25, 0.3) is 17.3 Å². The molecule has 2 aromatic carbocycles. The number of nitrogens with zero attached hydrogens (tertiary/aromatic N) is 1. The van der Waals surface area contributed by atoms with Crippen LogP contribution in [0.15, 0.2) is 60.7 Å². The molecule has 0 aliphatic carbocycles. The molecule has 3 rings (SSSR count). The van der Waals surface area contributed by atoms with Crippen LogP contribution in [0.3, 0.4) is 0 Å². The number of carbonyl (C=O) groups is 1. The summed E-state index contributed by atoms with van der Waals surface area (Å²) < 4.78 is 5.65. The number of hydrogen-bond acceptors (Lipinski definition) is 4. The van der Waals surface area contributed by atoms with E-state index in [9.17, 15) is 4.79 Å². The molecule has 0 fully saturated rings. The molecule has 0 aliphatic heterocycles. The van der Waals surface area contributed by atoms with Gasteiger partial charge in [0.1, 0.15) is 5.75 Å². The van der Waals surface area contributed by atoms with Gasteiger partial charge in [0.2, 0.25) is 5.91 Å². The number of amides is 1. The maximum atomic E-state index is 12.2. The highest BCUT2D eigenvalue weighted by Crippen LogP contribution is 2.30. The number of thiazole rings is 1. The first-order chi connectivity index (χ1) is 13.7. The molecule has 4 nitrogen and oxygen atoms in total. The quantitative estimate of drug-likeness (QED) is 0.381. The van der Waals surface area contributed by atoms with Crippen LogP contribution in [0.2, 0.25) is 0 Å². The number of unbranched alkanes of at least 4 members (excludes halogenated alkanes) is 1. The highest BCUT2D eigenvalue weighted by Gasteiger charge is 2.10. The van der Waals surface area contributed by atoms with Crippen molar-refractivity contribution in [3.63, 3.8) is 0 Å². The second-order valence-corrected chi connectivity index (χ2v) is 7.59. The normalized spacial score (nSPS) is 10.9. The van der Waals surface area contributed by atoms with Crippen molar-refractivity contribution in [2.75, 3.05) is 11.9 Å². The summed E-state index contributed by atoms with van der Waals surface area (Å²) in [6.45, 7) is 4.87. The van der Waals surface area contributed by atoms with Crippen LogP contribution in [0.1, 0.15) is 30.2 Å². The predicted octanol–water partition coefficient (Wildman–Crippen LogP) is 5.95. The second kappa shape index (κ2) is 9.85. The van der Waals surface area contributed by atoms with Gasteiger partial charge in [-0.25, -0.2) is 4.98 Å². The fraction of sp³-hybridized carbons (Fsp3) is 0.217. The molecule has 0 unspecified atom stereocenters. The minimum atomic E-state index is -0.198. The molecular weight excluding hydrogens is 368 g/mol. The Morgan fingerprint density at radius 2 is 1.89 bits per heavy atom. The summed E-state index contributed by atoms with van der Waals surface area (Å²) in [6.07, 6.45) is 5.46. The lowest BCUT2D eigenvalue weighted by molar-refractivity contribution is -0.111. The van der Waals surface area contributed by atoms with Crippen LogP contribution >= 0.6 is 11.3 Å². The van der Waals surface area contributed by atoms with E-state index in [2.05, 4.69) is 17.2 Å². The number of nitrogens with one attached hydrogen (secondary N) is 1. The number of aryl methyl sites for hydroxylation is 1. The van der Waals surface area contributed by atoms with Gasteiger partial charge >= 0.3 is 0 Å². The van der Waals surface area contributed by atoms with E-state index in [0.29, 0.717) is 5.13 Å². The van der Waals surface area contributed by atoms with Crippen molar-refractivity contribution in [1.29, 1.82) is 0 Å². The molecule has 0 atom stereocenters. The van der Waals surface area contributed by atoms with Crippen molar-refractivity contribution in [2.45, 2.75) is 26.7 Å². The van der Waals surface area contributed by atoms with Crippen molar-refractivity contribution in [1.82, 2.24) is 4.98 Å². The van der Waals surface area contributed by atoms with Gasteiger partial charge in [-0.3, -0.25) is 10.1 Å². The van der Waals surface area contributed by atoms with E-state index in [4.69, 9.17) is 4.74 Å². The van der Waals surface area contributed by atoms with E-state index in [1.54, 1.807) is 6.08 Å². The Balaban J connectivity index is 1.58. The molecule has 1 aromatic heterocycles. The Kier molecular flexibility index (Phi) is 6.98. The molecule has 1 amide bonds. The molecule has 0 saturated heterocycles. The zero-order chi connectivity index (χ0) is 19.8. The van der Waals surface area contributed by atoms with Crippen molar-refractivity contribution >= 4 is 28.5 Å². The fourth-order valence-electron chi connectivity index (χ4n) is 2.64. The highest BCUT2D eigenvalue weighted by atomic mass is 32.1. The van der Waals surface area contributed by atoms with Crippen LogP contribution in [-0.4, -0.2) is 17.5 Å². The van der Waals surface area contributed by atoms with Crippen molar-refractivity contribution in [3.05, 3.63) is 71.1 Å². The maximum absolute atomic E-state index is 12.2. The van der Waals surface area contributed by atoms with Crippen LogP contribution in [0, 0.1) is 6.92 Å². The van der Waals surface area contributed by atoms with Crippen molar-refractivity contribution in [2.24, 2.45) is 0 Å². The van der Waals surface area contributed by atoms with E-state index >= 15 is 0 Å². The molecule has 1 N–H and O–H groups in total. The summed E-state index contributed by atoms with van der Waals surface area (Å²) >= 11 is 1.48. The number of hydrogen-bond donors (Lipinski definition) is 1. The van der Waals surface area contributed by atoms with Gasteiger partial charge in [-0.1, -0.05) is 55.8 Å². The number of ether oxygens (including phenoxy) is 1. The first kappa shape index (κ1) is 19.8. The zero-order valence-electron chi connectivity index (χ0n) is 16.1. The third-order valence-corrected chi connectivity index (χ3v) is 5.03. The van der Waals surface area contributed by atoms with Crippen molar-refractivity contribution in [3.8, 4) is 17.0 Å². The number of rotatable bonds is 8.